The Balaban J connectivity index is 0.000000135. The molecular weight excluding hydrogens is 1320 g/mol. The molecular formula is C87H63IrN6. The molecule has 0 unspecified atom stereocenters. The van der Waals surface area contributed by atoms with Crippen LogP contribution < -0.4 is 14.7 Å². The molecule has 0 aliphatic carbocycles. The van der Waals surface area contributed by atoms with Crippen molar-refractivity contribution in [2.24, 2.45) is 0 Å². The van der Waals surface area contributed by atoms with Crippen LogP contribution in [0.3, 0.4) is 0 Å². The molecule has 0 amide bonds. The second-order valence-corrected chi connectivity index (χ2v) is 21.7. The van der Waals surface area contributed by atoms with Crippen molar-refractivity contribution in [1.82, 2.24) is 15.0 Å². The van der Waals surface area contributed by atoms with Gasteiger partial charge in [0.25, 0.3) is 0 Å². The predicted molar refractivity (Wildman–Crippen MR) is 386 cm³/mol. The number of benzene rings is 12. The minimum Gasteiger partial charge on any atom is -0.310 e. The second-order valence-electron chi connectivity index (χ2n) is 21.7. The summed E-state index contributed by atoms with van der Waals surface area (Å²) in [6.45, 7) is 0. The van der Waals surface area contributed by atoms with Crippen LogP contribution in [0, 0.1) is 18.2 Å². The van der Waals surface area contributed by atoms with Crippen molar-refractivity contribution in [3.63, 3.8) is 0 Å². The standard InChI is InChI=1S/3C29H21N2.Ir/c3*1-4-12-23(13-5-1)28-22-24(20-21-30-28)27-18-10-11-19-29(27)31(25-14-6-2-7-15-25)26-16-8-3-9-17-26;/h3*1-12,14-22H;/q3*-1;+3. The molecule has 0 spiro atoms. The third-order valence-electron chi connectivity index (χ3n) is 15.7. The summed E-state index contributed by atoms with van der Waals surface area (Å²) in [4.78, 5) is 20.6. The Bertz CT molecular complexity index is 4180. The fourth-order valence-corrected chi connectivity index (χ4v) is 11.4. The first kappa shape index (κ1) is 62.3. The van der Waals surface area contributed by atoms with Gasteiger partial charge in [0.2, 0.25) is 0 Å². The van der Waals surface area contributed by atoms with Crippen LogP contribution in [0.5, 0.6) is 0 Å². The fraction of sp³-hybridized carbons (Fsp3) is 0. The maximum Gasteiger partial charge on any atom is 3.00 e. The largest absolute Gasteiger partial charge is 3.00 e. The SMILES string of the molecule is [Ir+3].[c-]1ccccc1-c1cc(-c2ccccc2N(c2ccccc2)c2ccccc2)ccn1.[c-]1ccccc1-c1cc(-c2ccccc2N(c2ccccc2)c2ccccc2)ccn1.[c-]1ccccc1-c1cc(-c2ccccc2N(c2ccccc2)c2ccccc2)ccn1. The molecule has 0 N–H and O–H groups in total. The summed E-state index contributed by atoms with van der Waals surface area (Å²) in [6.07, 6.45) is 5.62. The number of hydrogen-bond donors (Lipinski definition) is 0. The third-order valence-corrected chi connectivity index (χ3v) is 15.7. The fourth-order valence-electron chi connectivity index (χ4n) is 11.4. The monoisotopic (exact) mass is 1380 g/mol. The van der Waals surface area contributed by atoms with Crippen LogP contribution in [0.15, 0.2) is 383 Å². The summed E-state index contributed by atoms with van der Waals surface area (Å²) in [5, 5.41) is 0. The number of anilines is 9. The van der Waals surface area contributed by atoms with Gasteiger partial charge in [-0.1, -0.05) is 182 Å². The average Bonchev–Trinajstić information content (AvgIpc) is 0.892. The van der Waals surface area contributed by atoms with Gasteiger partial charge in [-0.15, -0.1) is 108 Å². The molecule has 15 aromatic rings. The number of aromatic nitrogens is 3. The predicted octanol–water partition coefficient (Wildman–Crippen LogP) is 23.1. The molecule has 0 aliphatic heterocycles. The van der Waals surface area contributed by atoms with Gasteiger partial charge < -0.3 is 29.7 Å². The van der Waals surface area contributed by atoms with Crippen molar-refractivity contribution in [3.8, 4) is 67.2 Å². The van der Waals surface area contributed by atoms with Crippen LogP contribution in [-0.4, -0.2) is 15.0 Å². The Hall–Kier alpha value is -11.9. The van der Waals surface area contributed by atoms with E-state index in [9.17, 15) is 0 Å². The van der Waals surface area contributed by atoms with Crippen molar-refractivity contribution in [2.45, 2.75) is 0 Å². The average molecular weight is 1380 g/mol. The Kier molecular flexibility index (Phi) is 20.7. The maximum absolute atomic E-state index is 4.58. The molecule has 0 aliphatic rings. The Labute approximate surface area is 565 Å². The van der Waals surface area contributed by atoms with E-state index < -0.39 is 0 Å². The minimum atomic E-state index is 0. The molecule has 0 atom stereocenters. The molecule has 6 nitrogen and oxygen atoms in total. The van der Waals surface area contributed by atoms with E-state index in [0.29, 0.717) is 0 Å². The van der Waals surface area contributed by atoms with Crippen LogP contribution in [0.2, 0.25) is 0 Å². The first-order chi connectivity index (χ1) is 46.2. The first-order valence-electron chi connectivity index (χ1n) is 31.0. The van der Waals surface area contributed by atoms with E-state index in [1.165, 1.54) is 0 Å². The van der Waals surface area contributed by atoms with Gasteiger partial charge in [-0.3, -0.25) is 0 Å². The first-order valence-corrected chi connectivity index (χ1v) is 31.0. The Morgan fingerprint density at radius 1 is 0.213 bits per heavy atom. The molecule has 7 heteroatoms. The molecule has 0 saturated carbocycles. The summed E-state index contributed by atoms with van der Waals surface area (Å²) in [5.41, 5.74) is 22.6. The van der Waals surface area contributed by atoms with E-state index in [-0.39, 0.29) is 20.1 Å². The zero-order valence-corrected chi connectivity index (χ0v) is 53.8. The summed E-state index contributed by atoms with van der Waals surface area (Å²) in [6, 6.07) is 135. The number of rotatable bonds is 15. The molecule has 0 bridgehead atoms. The van der Waals surface area contributed by atoms with Crippen LogP contribution in [-0.2, 0) is 20.1 Å². The van der Waals surface area contributed by atoms with Gasteiger partial charge >= 0.3 is 20.1 Å². The van der Waals surface area contributed by atoms with E-state index in [4.69, 9.17) is 0 Å². The Morgan fingerprint density at radius 3 is 0.649 bits per heavy atom. The van der Waals surface area contributed by atoms with Crippen LogP contribution in [0.4, 0.5) is 51.2 Å². The zero-order valence-electron chi connectivity index (χ0n) is 51.4. The van der Waals surface area contributed by atoms with Gasteiger partial charge in [-0.05, 0) is 143 Å². The number of hydrogen-bond acceptors (Lipinski definition) is 6. The molecule has 0 radical (unpaired) electrons. The van der Waals surface area contributed by atoms with Gasteiger partial charge in [-0.25, -0.2) is 0 Å². The molecule has 3 heterocycles. The quantitative estimate of drug-likeness (QED) is 0.0954. The number of nitrogens with zero attached hydrogens (tertiary/aromatic N) is 6. The summed E-state index contributed by atoms with van der Waals surface area (Å²) < 4.78 is 0. The minimum absolute atomic E-state index is 0. The summed E-state index contributed by atoms with van der Waals surface area (Å²) in [5.74, 6) is 0. The molecule has 12 aromatic carbocycles. The van der Waals surface area contributed by atoms with Gasteiger partial charge in [0.05, 0.1) is 17.1 Å². The normalized spacial score (nSPS) is 10.5. The van der Waals surface area contributed by atoms with E-state index in [1.54, 1.807) is 0 Å². The van der Waals surface area contributed by atoms with Gasteiger partial charge in [0.15, 0.2) is 0 Å². The number of para-hydroxylation sites is 9. The molecule has 450 valence electrons. The van der Waals surface area contributed by atoms with Crippen molar-refractivity contribution in [3.05, 3.63) is 401 Å². The van der Waals surface area contributed by atoms with E-state index in [0.717, 1.165) is 118 Å². The van der Waals surface area contributed by atoms with E-state index in [1.807, 2.05) is 128 Å². The molecule has 94 heavy (non-hydrogen) atoms. The van der Waals surface area contributed by atoms with Crippen molar-refractivity contribution in [2.75, 3.05) is 14.7 Å². The summed E-state index contributed by atoms with van der Waals surface area (Å²) in [7, 11) is 0. The van der Waals surface area contributed by atoms with Crippen molar-refractivity contribution >= 4 is 51.2 Å². The zero-order chi connectivity index (χ0) is 62.6. The topological polar surface area (TPSA) is 48.4 Å². The molecule has 3 aromatic heterocycles. The molecule has 0 fully saturated rings. The van der Waals surface area contributed by atoms with Crippen LogP contribution in [0.1, 0.15) is 0 Å². The Morgan fingerprint density at radius 2 is 0.426 bits per heavy atom. The molecule has 15 rings (SSSR count). The van der Waals surface area contributed by atoms with E-state index >= 15 is 0 Å². The third kappa shape index (κ3) is 15.0. The van der Waals surface area contributed by atoms with Crippen molar-refractivity contribution in [1.29, 1.82) is 0 Å². The van der Waals surface area contributed by atoms with Crippen LogP contribution >= 0.6 is 0 Å². The molecule has 0 saturated heterocycles. The van der Waals surface area contributed by atoms with Gasteiger partial charge in [0, 0.05) is 69.4 Å². The second kappa shape index (κ2) is 31.2. The van der Waals surface area contributed by atoms with E-state index in [2.05, 4.69) is 303 Å². The maximum atomic E-state index is 4.58. The summed E-state index contributed by atoms with van der Waals surface area (Å²) >= 11 is 0. The van der Waals surface area contributed by atoms with Crippen LogP contribution in [0.25, 0.3) is 67.2 Å². The van der Waals surface area contributed by atoms with Gasteiger partial charge in [0.1, 0.15) is 0 Å². The number of pyridine rings is 3. The van der Waals surface area contributed by atoms with Gasteiger partial charge in [-0.2, -0.15) is 0 Å². The smallest absolute Gasteiger partial charge is 0.310 e. The van der Waals surface area contributed by atoms with Crippen molar-refractivity contribution < 1.29 is 20.1 Å².